The van der Waals surface area contributed by atoms with Crippen LogP contribution in [-0.4, -0.2) is 51.2 Å². The standard InChI is InChI=1S/C16H17N3O3/c1-11-13(7-17-10-18-11)16(21)19-8-14(20)15(9-19)22-12-5-3-2-4-6-12/h2-7,10,14-15,20H,8-9H2,1H3/t14-,15-/m1/s1. The zero-order valence-electron chi connectivity index (χ0n) is 12.2. The van der Waals surface area contributed by atoms with Crippen LogP contribution in [0.25, 0.3) is 0 Å². The lowest BCUT2D eigenvalue weighted by molar-refractivity contribution is 0.0729. The van der Waals surface area contributed by atoms with E-state index in [2.05, 4.69) is 9.97 Å². The summed E-state index contributed by atoms with van der Waals surface area (Å²) in [6.07, 6.45) is 1.76. The molecule has 2 heterocycles. The molecule has 22 heavy (non-hydrogen) atoms. The van der Waals surface area contributed by atoms with E-state index in [1.807, 2.05) is 30.3 Å². The van der Waals surface area contributed by atoms with E-state index in [1.54, 1.807) is 11.8 Å². The summed E-state index contributed by atoms with van der Waals surface area (Å²) >= 11 is 0. The number of carbonyl (C=O) groups is 1. The van der Waals surface area contributed by atoms with Gasteiger partial charge in [0.2, 0.25) is 0 Å². The third-order valence-electron chi connectivity index (χ3n) is 3.70. The molecule has 1 amide bonds. The van der Waals surface area contributed by atoms with E-state index in [4.69, 9.17) is 4.74 Å². The highest BCUT2D eigenvalue weighted by atomic mass is 16.5. The Bertz CT molecular complexity index is 663. The van der Waals surface area contributed by atoms with Gasteiger partial charge < -0.3 is 14.7 Å². The summed E-state index contributed by atoms with van der Waals surface area (Å²) in [5.74, 6) is 0.497. The number of carbonyl (C=O) groups excluding carboxylic acids is 1. The summed E-state index contributed by atoms with van der Waals surface area (Å²) in [4.78, 5) is 22.0. The summed E-state index contributed by atoms with van der Waals surface area (Å²) in [5, 5.41) is 10.1. The molecule has 1 fully saturated rings. The summed E-state index contributed by atoms with van der Waals surface area (Å²) in [6, 6.07) is 9.28. The second kappa shape index (κ2) is 6.11. The summed E-state index contributed by atoms with van der Waals surface area (Å²) < 4.78 is 5.76. The predicted molar refractivity (Wildman–Crippen MR) is 79.5 cm³/mol. The lowest BCUT2D eigenvalue weighted by Gasteiger charge is -2.17. The van der Waals surface area contributed by atoms with E-state index in [1.165, 1.54) is 12.5 Å². The van der Waals surface area contributed by atoms with Crippen molar-refractivity contribution in [1.29, 1.82) is 0 Å². The molecular weight excluding hydrogens is 282 g/mol. The number of rotatable bonds is 3. The van der Waals surface area contributed by atoms with Crippen LogP contribution in [0.3, 0.4) is 0 Å². The molecule has 1 aromatic carbocycles. The lowest BCUT2D eigenvalue weighted by Crippen LogP contribution is -2.31. The van der Waals surface area contributed by atoms with Gasteiger partial charge in [0.1, 0.15) is 24.3 Å². The third-order valence-corrected chi connectivity index (χ3v) is 3.70. The molecule has 0 spiro atoms. The maximum absolute atomic E-state index is 12.5. The van der Waals surface area contributed by atoms with Gasteiger partial charge in [0, 0.05) is 6.20 Å². The first-order valence-electron chi connectivity index (χ1n) is 7.11. The highest BCUT2D eigenvalue weighted by Gasteiger charge is 2.36. The molecule has 2 aromatic rings. The van der Waals surface area contributed by atoms with Crippen molar-refractivity contribution in [2.45, 2.75) is 19.1 Å². The van der Waals surface area contributed by atoms with Crippen LogP contribution in [0.2, 0.25) is 0 Å². The second-order valence-electron chi connectivity index (χ2n) is 5.27. The number of amides is 1. The minimum atomic E-state index is -0.714. The van der Waals surface area contributed by atoms with Gasteiger partial charge in [0.15, 0.2) is 0 Å². The lowest BCUT2D eigenvalue weighted by atomic mass is 10.2. The van der Waals surface area contributed by atoms with Crippen molar-refractivity contribution in [2.75, 3.05) is 13.1 Å². The van der Waals surface area contributed by atoms with Gasteiger partial charge in [0.05, 0.1) is 24.3 Å². The van der Waals surface area contributed by atoms with Crippen molar-refractivity contribution in [3.63, 3.8) is 0 Å². The Hall–Kier alpha value is -2.47. The molecule has 6 heteroatoms. The molecule has 0 aliphatic carbocycles. The predicted octanol–water partition coefficient (Wildman–Crippen LogP) is 1.05. The van der Waals surface area contributed by atoms with Crippen molar-refractivity contribution < 1.29 is 14.6 Å². The van der Waals surface area contributed by atoms with Crippen molar-refractivity contribution in [1.82, 2.24) is 14.9 Å². The van der Waals surface area contributed by atoms with Crippen LogP contribution in [0.1, 0.15) is 16.1 Å². The zero-order valence-corrected chi connectivity index (χ0v) is 12.2. The van der Waals surface area contributed by atoms with E-state index in [0.29, 0.717) is 23.6 Å². The van der Waals surface area contributed by atoms with Gasteiger partial charge in [-0.25, -0.2) is 9.97 Å². The molecule has 0 bridgehead atoms. The molecular formula is C16H17N3O3. The molecule has 1 aliphatic heterocycles. The van der Waals surface area contributed by atoms with Gasteiger partial charge in [-0.05, 0) is 19.1 Å². The van der Waals surface area contributed by atoms with Crippen LogP contribution >= 0.6 is 0 Å². The Balaban J connectivity index is 1.70. The largest absolute Gasteiger partial charge is 0.486 e. The Morgan fingerprint density at radius 1 is 1.32 bits per heavy atom. The summed E-state index contributed by atoms with van der Waals surface area (Å²) in [7, 11) is 0. The maximum Gasteiger partial charge on any atom is 0.257 e. The molecule has 3 rings (SSSR count). The van der Waals surface area contributed by atoms with Crippen molar-refractivity contribution in [3.8, 4) is 5.75 Å². The fourth-order valence-corrected chi connectivity index (χ4v) is 2.48. The zero-order chi connectivity index (χ0) is 15.5. The number of aromatic nitrogens is 2. The number of ether oxygens (including phenoxy) is 1. The van der Waals surface area contributed by atoms with Gasteiger partial charge in [0.25, 0.3) is 5.91 Å². The second-order valence-corrected chi connectivity index (χ2v) is 5.27. The highest BCUT2D eigenvalue weighted by molar-refractivity contribution is 5.95. The number of benzene rings is 1. The van der Waals surface area contributed by atoms with Crippen LogP contribution < -0.4 is 4.74 Å². The Kier molecular flexibility index (Phi) is 4.02. The molecule has 6 nitrogen and oxygen atoms in total. The molecule has 1 saturated heterocycles. The summed E-state index contributed by atoms with van der Waals surface area (Å²) in [5.41, 5.74) is 1.08. The van der Waals surface area contributed by atoms with Gasteiger partial charge >= 0.3 is 0 Å². The maximum atomic E-state index is 12.5. The number of aliphatic hydroxyl groups is 1. The minimum Gasteiger partial charge on any atom is -0.486 e. The minimum absolute atomic E-state index is 0.184. The Labute approximate surface area is 128 Å². The molecule has 2 atom stereocenters. The van der Waals surface area contributed by atoms with Gasteiger partial charge in [-0.15, -0.1) is 0 Å². The number of hydrogen-bond donors (Lipinski definition) is 1. The van der Waals surface area contributed by atoms with E-state index < -0.39 is 12.2 Å². The monoisotopic (exact) mass is 299 g/mol. The quantitative estimate of drug-likeness (QED) is 0.917. The molecule has 1 aliphatic rings. The first kappa shape index (κ1) is 14.5. The van der Waals surface area contributed by atoms with Crippen molar-refractivity contribution in [2.24, 2.45) is 0 Å². The molecule has 0 radical (unpaired) electrons. The molecule has 1 N–H and O–H groups in total. The van der Waals surface area contributed by atoms with Gasteiger partial charge in [-0.2, -0.15) is 0 Å². The van der Waals surface area contributed by atoms with E-state index in [9.17, 15) is 9.90 Å². The number of aryl methyl sites for hydroxylation is 1. The fourth-order valence-electron chi connectivity index (χ4n) is 2.48. The molecule has 0 unspecified atom stereocenters. The number of nitrogens with zero attached hydrogens (tertiary/aromatic N) is 3. The van der Waals surface area contributed by atoms with E-state index >= 15 is 0 Å². The number of aliphatic hydroxyl groups excluding tert-OH is 1. The topological polar surface area (TPSA) is 75.6 Å². The highest BCUT2D eigenvalue weighted by Crippen LogP contribution is 2.20. The van der Waals surface area contributed by atoms with E-state index in [0.717, 1.165) is 0 Å². The fraction of sp³-hybridized carbons (Fsp3) is 0.312. The average molecular weight is 299 g/mol. The number of likely N-dealkylation sites (tertiary alicyclic amines) is 1. The molecule has 0 saturated carbocycles. The average Bonchev–Trinajstić information content (AvgIpc) is 2.89. The first-order valence-corrected chi connectivity index (χ1v) is 7.11. The summed E-state index contributed by atoms with van der Waals surface area (Å²) in [6.45, 7) is 2.34. The van der Waals surface area contributed by atoms with Crippen LogP contribution in [0.15, 0.2) is 42.9 Å². The number of para-hydroxylation sites is 1. The Morgan fingerprint density at radius 3 is 2.82 bits per heavy atom. The Morgan fingerprint density at radius 2 is 2.09 bits per heavy atom. The van der Waals surface area contributed by atoms with Crippen LogP contribution in [0, 0.1) is 6.92 Å². The third kappa shape index (κ3) is 2.92. The molecule has 1 aromatic heterocycles. The SMILES string of the molecule is Cc1ncncc1C(=O)N1C[C@@H](O)[C@H](Oc2ccccc2)C1. The van der Waals surface area contributed by atoms with Crippen molar-refractivity contribution in [3.05, 3.63) is 54.1 Å². The first-order chi connectivity index (χ1) is 10.6. The van der Waals surface area contributed by atoms with Crippen molar-refractivity contribution >= 4 is 5.91 Å². The van der Waals surface area contributed by atoms with Gasteiger partial charge in [-0.3, -0.25) is 4.79 Å². The van der Waals surface area contributed by atoms with Crippen LogP contribution in [0.4, 0.5) is 0 Å². The number of β-amino-alcohol motifs (C(OH)–C–C–N with tert-alkyl or cyclic N) is 1. The van der Waals surface area contributed by atoms with Gasteiger partial charge in [-0.1, -0.05) is 18.2 Å². The smallest absolute Gasteiger partial charge is 0.257 e. The molecule has 114 valence electrons. The van der Waals surface area contributed by atoms with E-state index in [-0.39, 0.29) is 12.5 Å². The number of hydrogen-bond acceptors (Lipinski definition) is 5. The van der Waals surface area contributed by atoms with Crippen LogP contribution in [-0.2, 0) is 0 Å². The van der Waals surface area contributed by atoms with Crippen LogP contribution in [0.5, 0.6) is 5.75 Å². The normalized spacial score (nSPS) is 20.9.